The molecule has 0 atom stereocenters. The summed E-state index contributed by atoms with van der Waals surface area (Å²) >= 11 is 1.24. The molecule has 0 unspecified atom stereocenters. The van der Waals surface area contributed by atoms with E-state index in [9.17, 15) is 4.79 Å². The van der Waals surface area contributed by atoms with E-state index in [2.05, 4.69) is 9.97 Å². The van der Waals surface area contributed by atoms with Crippen LogP contribution in [0.3, 0.4) is 0 Å². The van der Waals surface area contributed by atoms with Gasteiger partial charge in [0, 0.05) is 35.7 Å². The van der Waals surface area contributed by atoms with Crippen LogP contribution in [-0.4, -0.2) is 34.7 Å². The minimum absolute atomic E-state index is 0.284. The molecule has 1 aromatic carbocycles. The van der Waals surface area contributed by atoms with Gasteiger partial charge in [-0.3, -0.25) is 14.3 Å². The van der Waals surface area contributed by atoms with E-state index in [1.807, 2.05) is 29.7 Å². The molecule has 9 heteroatoms. The number of aryl methyl sites for hydroxylation is 1. The van der Waals surface area contributed by atoms with Crippen molar-refractivity contribution in [1.29, 1.82) is 0 Å². The number of carbonyl (C=O) groups is 1. The number of amides is 1. The van der Waals surface area contributed by atoms with Crippen molar-refractivity contribution in [1.82, 2.24) is 14.5 Å². The molecule has 8 nitrogen and oxygen atoms in total. The lowest BCUT2D eigenvalue weighted by molar-refractivity contribution is 0.1000. The molecule has 0 aliphatic carbocycles. The van der Waals surface area contributed by atoms with Crippen molar-refractivity contribution in [3.8, 4) is 22.2 Å². The average molecular weight is 424 g/mol. The molecule has 4 rings (SSSR count). The van der Waals surface area contributed by atoms with Crippen LogP contribution in [0.5, 0.6) is 17.2 Å². The molecule has 0 saturated carbocycles. The highest BCUT2D eigenvalue weighted by atomic mass is 32.1. The molecule has 2 N–H and O–H groups in total. The maximum absolute atomic E-state index is 12.0. The Hall–Kier alpha value is -3.59. The van der Waals surface area contributed by atoms with Crippen molar-refractivity contribution < 1.29 is 19.0 Å². The first kappa shape index (κ1) is 19.7. The molecule has 3 heterocycles. The van der Waals surface area contributed by atoms with Crippen LogP contribution < -0.4 is 19.9 Å². The topological polar surface area (TPSA) is 101 Å². The number of carbonyl (C=O) groups excluding carboxylic acids is 1. The third kappa shape index (κ3) is 3.55. The van der Waals surface area contributed by atoms with Crippen molar-refractivity contribution in [2.24, 2.45) is 5.73 Å². The smallest absolute Gasteiger partial charge is 0.262 e. The largest absolute Gasteiger partial charge is 0.493 e. The van der Waals surface area contributed by atoms with Crippen LogP contribution in [0.1, 0.15) is 20.9 Å². The molecular formula is C21H20N4O4S. The van der Waals surface area contributed by atoms with Crippen LogP contribution in [0, 0.1) is 6.92 Å². The van der Waals surface area contributed by atoms with E-state index in [0.29, 0.717) is 22.1 Å². The lowest BCUT2D eigenvalue weighted by atomic mass is 10.2. The third-order valence-corrected chi connectivity index (χ3v) is 5.83. The van der Waals surface area contributed by atoms with Gasteiger partial charge in [-0.2, -0.15) is 0 Å². The zero-order valence-electron chi connectivity index (χ0n) is 16.7. The fourth-order valence-electron chi connectivity index (χ4n) is 3.10. The molecule has 30 heavy (non-hydrogen) atoms. The van der Waals surface area contributed by atoms with E-state index in [1.165, 1.54) is 11.3 Å². The van der Waals surface area contributed by atoms with Gasteiger partial charge in [0.1, 0.15) is 28.6 Å². The number of primary amides is 1. The van der Waals surface area contributed by atoms with Crippen molar-refractivity contribution in [2.45, 2.75) is 13.5 Å². The Morgan fingerprint density at radius 2 is 1.90 bits per heavy atom. The van der Waals surface area contributed by atoms with Gasteiger partial charge in [-0.25, -0.2) is 4.98 Å². The van der Waals surface area contributed by atoms with Gasteiger partial charge in [-0.15, -0.1) is 11.3 Å². The zero-order chi connectivity index (χ0) is 21.3. The second-order valence-corrected chi connectivity index (χ2v) is 7.52. The number of nitrogens with zero attached hydrogens (tertiary/aromatic N) is 3. The lowest BCUT2D eigenvalue weighted by Crippen LogP contribution is -2.10. The van der Waals surface area contributed by atoms with Gasteiger partial charge in [0.15, 0.2) is 11.5 Å². The summed E-state index contributed by atoms with van der Waals surface area (Å²) in [6.45, 7) is 2.19. The first-order valence-corrected chi connectivity index (χ1v) is 9.90. The number of pyridine rings is 1. The lowest BCUT2D eigenvalue weighted by Gasteiger charge is -2.08. The molecule has 1 amide bonds. The standard InChI is InChI=1S/C21H20N4O4S/c1-12-13(5-4-6-23-12)10-29-18-9-19(30-20(18)21(22)26)25-11-24-14-7-16(27-2)17(28-3)8-15(14)25/h4-9,11H,10H2,1-3H3,(H2,22,26). The summed E-state index contributed by atoms with van der Waals surface area (Å²) in [5, 5.41) is 0.747. The molecule has 0 radical (unpaired) electrons. The van der Waals surface area contributed by atoms with Crippen molar-refractivity contribution in [3.05, 3.63) is 59.0 Å². The highest BCUT2D eigenvalue weighted by Crippen LogP contribution is 2.37. The SMILES string of the molecule is COc1cc2ncn(-c3cc(OCc4cccnc4C)c(C(N)=O)s3)c2cc1OC. The van der Waals surface area contributed by atoms with E-state index in [-0.39, 0.29) is 6.61 Å². The first-order chi connectivity index (χ1) is 14.5. The highest BCUT2D eigenvalue weighted by Gasteiger charge is 2.19. The summed E-state index contributed by atoms with van der Waals surface area (Å²) in [7, 11) is 3.15. The summed E-state index contributed by atoms with van der Waals surface area (Å²) < 4.78 is 18.5. The Bertz CT molecular complexity index is 1230. The summed E-state index contributed by atoms with van der Waals surface area (Å²) in [5.41, 5.74) is 8.94. The Labute approximate surface area is 176 Å². The third-order valence-electron chi connectivity index (χ3n) is 4.70. The second kappa shape index (κ2) is 8.03. The quantitative estimate of drug-likeness (QED) is 0.487. The molecule has 0 fully saturated rings. The van der Waals surface area contributed by atoms with Gasteiger partial charge in [-0.05, 0) is 13.0 Å². The Balaban J connectivity index is 1.72. The number of thiophene rings is 1. The van der Waals surface area contributed by atoms with Crippen molar-refractivity contribution in [2.75, 3.05) is 14.2 Å². The van der Waals surface area contributed by atoms with E-state index in [4.69, 9.17) is 19.9 Å². The number of hydrogen-bond donors (Lipinski definition) is 1. The Kier molecular flexibility index (Phi) is 5.28. The van der Waals surface area contributed by atoms with Gasteiger partial charge in [0.25, 0.3) is 5.91 Å². The van der Waals surface area contributed by atoms with Gasteiger partial charge >= 0.3 is 0 Å². The van der Waals surface area contributed by atoms with E-state index in [0.717, 1.165) is 27.3 Å². The fourth-order valence-corrected chi connectivity index (χ4v) is 4.03. The van der Waals surface area contributed by atoms with Crippen LogP contribution in [0.25, 0.3) is 16.0 Å². The number of benzene rings is 1. The molecule has 0 saturated heterocycles. The highest BCUT2D eigenvalue weighted by molar-refractivity contribution is 7.16. The maximum Gasteiger partial charge on any atom is 0.262 e. The minimum atomic E-state index is -0.548. The molecule has 3 aromatic heterocycles. The predicted molar refractivity (Wildman–Crippen MR) is 114 cm³/mol. The summed E-state index contributed by atoms with van der Waals surface area (Å²) in [4.78, 5) is 21.0. The number of ether oxygens (including phenoxy) is 3. The van der Waals surface area contributed by atoms with Gasteiger partial charge in [-0.1, -0.05) is 6.07 Å². The maximum atomic E-state index is 12.0. The number of imidazole rings is 1. The summed E-state index contributed by atoms with van der Waals surface area (Å²) in [6.07, 6.45) is 3.40. The average Bonchev–Trinajstić information content (AvgIpc) is 3.35. The second-order valence-electron chi connectivity index (χ2n) is 6.49. The van der Waals surface area contributed by atoms with E-state index < -0.39 is 5.91 Å². The van der Waals surface area contributed by atoms with Gasteiger partial charge in [0.05, 0.1) is 25.3 Å². The van der Waals surface area contributed by atoms with E-state index >= 15 is 0 Å². The summed E-state index contributed by atoms with van der Waals surface area (Å²) in [5.74, 6) is 1.05. The Morgan fingerprint density at radius 3 is 2.60 bits per heavy atom. The van der Waals surface area contributed by atoms with Crippen LogP contribution >= 0.6 is 11.3 Å². The molecule has 4 aromatic rings. The number of fused-ring (bicyclic) bond motifs is 1. The van der Waals surface area contributed by atoms with Gasteiger partial charge in [0.2, 0.25) is 0 Å². The molecule has 0 aliphatic heterocycles. The number of methoxy groups -OCH3 is 2. The number of hydrogen-bond acceptors (Lipinski definition) is 7. The number of rotatable bonds is 7. The molecule has 0 bridgehead atoms. The number of nitrogens with two attached hydrogens (primary N) is 1. The molecule has 154 valence electrons. The van der Waals surface area contributed by atoms with Crippen molar-refractivity contribution in [3.63, 3.8) is 0 Å². The molecule has 0 spiro atoms. The monoisotopic (exact) mass is 424 g/mol. The first-order valence-electron chi connectivity index (χ1n) is 9.08. The molecular weight excluding hydrogens is 404 g/mol. The number of aromatic nitrogens is 3. The fraction of sp³-hybridized carbons (Fsp3) is 0.190. The zero-order valence-corrected chi connectivity index (χ0v) is 17.5. The van der Waals surface area contributed by atoms with Crippen molar-refractivity contribution >= 4 is 28.3 Å². The van der Waals surface area contributed by atoms with Gasteiger partial charge < -0.3 is 19.9 Å². The minimum Gasteiger partial charge on any atom is -0.493 e. The summed E-state index contributed by atoms with van der Waals surface area (Å²) in [6, 6.07) is 9.20. The molecule has 0 aliphatic rings. The predicted octanol–water partition coefficient (Wildman–Crippen LogP) is 3.49. The van der Waals surface area contributed by atoms with Crippen LogP contribution in [-0.2, 0) is 6.61 Å². The Morgan fingerprint density at radius 1 is 1.13 bits per heavy atom. The van der Waals surface area contributed by atoms with Crippen LogP contribution in [0.4, 0.5) is 0 Å². The van der Waals surface area contributed by atoms with Crippen LogP contribution in [0.15, 0.2) is 42.9 Å². The van der Waals surface area contributed by atoms with Crippen LogP contribution in [0.2, 0.25) is 0 Å². The normalized spacial score (nSPS) is 10.9. The van der Waals surface area contributed by atoms with E-state index in [1.54, 1.807) is 38.9 Å².